The van der Waals surface area contributed by atoms with E-state index in [0.717, 1.165) is 11.1 Å². The maximum Gasteiger partial charge on any atom is 0.295 e. The van der Waals surface area contributed by atoms with Crippen molar-refractivity contribution in [1.29, 1.82) is 0 Å². The van der Waals surface area contributed by atoms with Crippen LogP contribution >= 0.6 is 0 Å². The molecule has 33 heavy (non-hydrogen) atoms. The number of hydrogen-bond donors (Lipinski definition) is 0. The molecule has 0 spiro atoms. The van der Waals surface area contributed by atoms with Gasteiger partial charge in [-0.05, 0) is 46.4 Å². The van der Waals surface area contributed by atoms with Crippen molar-refractivity contribution in [2.75, 3.05) is 6.79 Å². The predicted octanol–water partition coefficient (Wildman–Crippen LogP) is 4.28. The molecule has 0 aliphatic rings. The lowest BCUT2D eigenvalue weighted by Gasteiger charge is -2.24. The van der Waals surface area contributed by atoms with Gasteiger partial charge in [0.15, 0.2) is 0 Å². The molecule has 0 N–H and O–H groups in total. The number of sulfonamides is 1. The van der Waals surface area contributed by atoms with E-state index < -0.39 is 10.0 Å². The van der Waals surface area contributed by atoms with Crippen molar-refractivity contribution in [3.8, 4) is 5.75 Å². The highest BCUT2D eigenvalue weighted by molar-refractivity contribution is 7.89. The quantitative estimate of drug-likeness (QED) is 0.251. The molecule has 3 rings (SSSR count). The van der Waals surface area contributed by atoms with Crippen LogP contribution in [0.4, 0.5) is 0 Å². The van der Waals surface area contributed by atoms with Crippen LogP contribution < -0.4 is 4.74 Å². The maximum atomic E-state index is 13.5. The second-order valence-corrected chi connectivity index (χ2v) is 10.5. The van der Waals surface area contributed by atoms with Crippen molar-refractivity contribution in [2.45, 2.75) is 44.2 Å². The van der Waals surface area contributed by atoms with E-state index in [1.807, 2.05) is 30.3 Å². The van der Waals surface area contributed by atoms with E-state index in [0.29, 0.717) is 12.2 Å². The third-order valence-corrected chi connectivity index (χ3v) is 6.85. The third kappa shape index (κ3) is 6.63. The van der Waals surface area contributed by atoms with Crippen molar-refractivity contribution in [3.05, 3.63) is 89.7 Å². The van der Waals surface area contributed by atoms with Crippen molar-refractivity contribution in [2.24, 2.45) is 0 Å². The summed E-state index contributed by atoms with van der Waals surface area (Å²) in [5, 5.41) is 0. The number of nitrogens with zero attached hydrogens (tertiary/aromatic N) is 2. The molecule has 0 amide bonds. The molecule has 2 aromatic carbocycles. The Kier molecular flexibility index (Phi) is 7.84. The van der Waals surface area contributed by atoms with Crippen LogP contribution in [0, 0.1) is 0 Å². The summed E-state index contributed by atoms with van der Waals surface area (Å²) in [6.07, 6.45) is 2.89. The molecule has 7 nitrogen and oxygen atoms in total. The molecule has 174 valence electrons. The minimum absolute atomic E-state index is 0.00794. The highest BCUT2D eigenvalue weighted by Gasteiger charge is 2.25. The fourth-order valence-corrected chi connectivity index (χ4v) is 4.64. The van der Waals surface area contributed by atoms with Gasteiger partial charge >= 0.3 is 0 Å². The van der Waals surface area contributed by atoms with E-state index in [4.69, 9.17) is 4.74 Å². The Hall–Kier alpha value is -3.23. The Morgan fingerprint density at radius 1 is 0.970 bits per heavy atom. The lowest BCUT2D eigenvalue weighted by Crippen LogP contribution is -2.30. The van der Waals surface area contributed by atoms with Gasteiger partial charge < -0.3 is 9.47 Å². The van der Waals surface area contributed by atoms with Gasteiger partial charge in [0, 0.05) is 25.5 Å². The van der Waals surface area contributed by atoms with Crippen LogP contribution in [0.2, 0.25) is 0 Å². The smallest absolute Gasteiger partial charge is 0.295 e. The summed E-state index contributed by atoms with van der Waals surface area (Å²) in [6, 6.07) is 18.1. The average Bonchev–Trinajstić information content (AvgIpc) is 2.79. The first kappa shape index (κ1) is 24.4. The molecule has 1 aromatic heterocycles. The normalized spacial score (nSPS) is 11.9. The van der Waals surface area contributed by atoms with Gasteiger partial charge in [-0.3, -0.25) is 9.78 Å². The maximum absolute atomic E-state index is 13.5. The van der Waals surface area contributed by atoms with Crippen molar-refractivity contribution >= 4 is 16.5 Å². The number of benzene rings is 2. The summed E-state index contributed by atoms with van der Waals surface area (Å²) >= 11 is 0. The average molecular weight is 469 g/mol. The van der Waals surface area contributed by atoms with Crippen LogP contribution in [0.3, 0.4) is 0 Å². The molecule has 0 aliphatic heterocycles. The summed E-state index contributed by atoms with van der Waals surface area (Å²) in [7, 11) is -3.81. The van der Waals surface area contributed by atoms with Crippen LogP contribution in [-0.2, 0) is 38.1 Å². The first-order chi connectivity index (χ1) is 15.7. The molecule has 0 bridgehead atoms. The molecule has 0 saturated carbocycles. The third-order valence-electron chi connectivity index (χ3n) is 5.07. The second-order valence-electron chi connectivity index (χ2n) is 8.58. The SMILES string of the molecule is CC(C)(C)c1ccc(CN(Cc2cccc(OCOC=O)c2)S(=O)(=O)c2cccnc2)cc1. The number of hydrogen-bond acceptors (Lipinski definition) is 6. The fourth-order valence-electron chi connectivity index (χ4n) is 3.26. The first-order valence-electron chi connectivity index (χ1n) is 10.5. The molecule has 1 heterocycles. The van der Waals surface area contributed by atoms with E-state index in [9.17, 15) is 13.2 Å². The number of aromatic nitrogens is 1. The van der Waals surface area contributed by atoms with Gasteiger partial charge in [0.05, 0.1) is 0 Å². The molecular weight excluding hydrogens is 440 g/mol. The lowest BCUT2D eigenvalue weighted by molar-refractivity contribution is -0.134. The van der Waals surface area contributed by atoms with E-state index in [2.05, 4.69) is 30.5 Å². The lowest BCUT2D eigenvalue weighted by atomic mass is 9.87. The fraction of sp³-hybridized carbons (Fsp3) is 0.280. The Morgan fingerprint density at radius 3 is 2.33 bits per heavy atom. The van der Waals surface area contributed by atoms with Crippen LogP contribution in [0.15, 0.2) is 78.0 Å². The first-order valence-corrected chi connectivity index (χ1v) is 11.9. The zero-order valence-corrected chi connectivity index (χ0v) is 19.8. The molecule has 0 saturated heterocycles. The van der Waals surface area contributed by atoms with Crippen molar-refractivity contribution in [1.82, 2.24) is 9.29 Å². The zero-order chi connectivity index (χ0) is 23.9. The molecule has 0 aliphatic carbocycles. The highest BCUT2D eigenvalue weighted by atomic mass is 32.2. The summed E-state index contributed by atoms with van der Waals surface area (Å²) < 4.78 is 38.3. The molecule has 3 aromatic rings. The number of rotatable bonds is 10. The molecule has 8 heteroatoms. The summed E-state index contributed by atoms with van der Waals surface area (Å²) in [5.74, 6) is 0.475. The van der Waals surface area contributed by atoms with Crippen LogP contribution in [0.5, 0.6) is 5.75 Å². The number of carbonyl (C=O) groups is 1. The summed E-state index contributed by atoms with van der Waals surface area (Å²) in [5.41, 5.74) is 2.79. The van der Waals surface area contributed by atoms with Gasteiger partial charge in [0.2, 0.25) is 16.8 Å². The minimum Gasteiger partial charge on any atom is -0.457 e. The number of ether oxygens (including phenoxy) is 2. The minimum atomic E-state index is -3.81. The van der Waals surface area contributed by atoms with E-state index >= 15 is 0 Å². The summed E-state index contributed by atoms with van der Waals surface area (Å²) in [4.78, 5) is 14.4. The highest BCUT2D eigenvalue weighted by Crippen LogP contribution is 2.25. The zero-order valence-electron chi connectivity index (χ0n) is 19.0. The predicted molar refractivity (Wildman–Crippen MR) is 125 cm³/mol. The van der Waals surface area contributed by atoms with Crippen molar-refractivity contribution < 1.29 is 22.7 Å². The Morgan fingerprint density at radius 2 is 1.70 bits per heavy atom. The largest absolute Gasteiger partial charge is 0.457 e. The van der Waals surface area contributed by atoms with Gasteiger partial charge in [-0.25, -0.2) is 8.42 Å². The van der Waals surface area contributed by atoms with Crippen LogP contribution in [0.25, 0.3) is 0 Å². The Labute approximate surface area is 195 Å². The van der Waals surface area contributed by atoms with Gasteiger partial charge in [-0.15, -0.1) is 0 Å². The van der Waals surface area contributed by atoms with E-state index in [-0.39, 0.29) is 30.2 Å². The number of carbonyl (C=O) groups excluding carboxylic acids is 1. The standard InChI is InChI=1S/C25H28N2O5S/c1-25(2,3)22-11-9-20(10-12-22)16-27(33(29,30)24-8-5-13-26-15-24)17-21-6-4-7-23(14-21)32-19-31-18-28/h4-15,18H,16-17,19H2,1-3H3. The van der Waals surface area contributed by atoms with Crippen molar-refractivity contribution in [3.63, 3.8) is 0 Å². The van der Waals surface area contributed by atoms with Gasteiger partial charge in [-0.1, -0.05) is 57.2 Å². The molecule has 0 unspecified atom stereocenters. The Bertz CT molecular complexity index is 1160. The molecular formula is C25H28N2O5S. The van der Waals surface area contributed by atoms with E-state index in [1.54, 1.807) is 24.3 Å². The van der Waals surface area contributed by atoms with Gasteiger partial charge in [0.1, 0.15) is 10.6 Å². The topological polar surface area (TPSA) is 85.8 Å². The Balaban J connectivity index is 1.89. The second kappa shape index (κ2) is 10.6. The summed E-state index contributed by atoms with van der Waals surface area (Å²) in [6.45, 7) is 6.82. The number of pyridine rings is 1. The molecule has 0 atom stereocenters. The van der Waals surface area contributed by atoms with Crippen LogP contribution in [0.1, 0.15) is 37.5 Å². The van der Waals surface area contributed by atoms with Gasteiger partial charge in [-0.2, -0.15) is 4.31 Å². The van der Waals surface area contributed by atoms with E-state index in [1.165, 1.54) is 28.3 Å². The monoisotopic (exact) mass is 468 g/mol. The van der Waals surface area contributed by atoms with Crippen LogP contribution in [-0.4, -0.2) is 31.0 Å². The molecule has 0 fully saturated rings. The van der Waals surface area contributed by atoms with Gasteiger partial charge in [0.25, 0.3) is 6.47 Å². The molecule has 0 radical (unpaired) electrons.